The minimum Gasteiger partial charge on any atom is -0.493 e. The molecule has 6 nitrogen and oxygen atoms in total. The quantitative estimate of drug-likeness (QED) is 0.608. The second-order valence-electron chi connectivity index (χ2n) is 4.74. The second-order valence-corrected chi connectivity index (χ2v) is 5.65. The van der Waals surface area contributed by atoms with Crippen LogP contribution in [0.15, 0.2) is 41.8 Å². The maximum Gasteiger partial charge on any atom is 0.331 e. The Morgan fingerprint density at radius 3 is 2.88 bits per heavy atom. The van der Waals surface area contributed by atoms with Crippen LogP contribution >= 0.6 is 11.3 Å². The first kappa shape index (κ1) is 18.2. The number of anilines is 1. The molecular weight excluding hydrogens is 340 g/mol. The van der Waals surface area contributed by atoms with E-state index >= 15 is 0 Å². The lowest BCUT2D eigenvalue weighted by molar-refractivity contribution is -0.142. The molecule has 1 amide bonds. The molecule has 2 aromatic rings. The molecule has 2 rings (SSSR count). The molecule has 0 aliphatic rings. The number of carbonyl (C=O) groups excluding carboxylic acids is 2. The zero-order valence-corrected chi connectivity index (χ0v) is 14.3. The molecule has 0 bridgehead atoms. The van der Waals surface area contributed by atoms with Crippen LogP contribution in [-0.4, -0.2) is 25.1 Å². The predicted molar refractivity (Wildman–Crippen MR) is 95.3 cm³/mol. The van der Waals surface area contributed by atoms with Crippen molar-refractivity contribution in [2.75, 3.05) is 18.5 Å². The third-order valence-corrected chi connectivity index (χ3v) is 3.83. The highest BCUT2D eigenvalue weighted by molar-refractivity contribution is 7.14. The van der Waals surface area contributed by atoms with Crippen molar-refractivity contribution in [3.8, 4) is 11.8 Å². The fourth-order valence-corrected chi connectivity index (χ4v) is 2.66. The van der Waals surface area contributed by atoms with E-state index in [9.17, 15) is 9.59 Å². The summed E-state index contributed by atoms with van der Waals surface area (Å²) in [6.45, 7) is 1.96. The molecule has 1 N–H and O–H groups in total. The normalized spacial score (nSPS) is 10.2. The summed E-state index contributed by atoms with van der Waals surface area (Å²) >= 11 is 1.23. The molecule has 0 aliphatic heterocycles. The average Bonchev–Trinajstić information content (AvgIpc) is 3.06. The van der Waals surface area contributed by atoms with Crippen molar-refractivity contribution < 1.29 is 19.1 Å². The highest BCUT2D eigenvalue weighted by Gasteiger charge is 2.10. The number of carbonyl (C=O) groups is 2. The Morgan fingerprint density at radius 1 is 1.32 bits per heavy atom. The fraction of sp³-hybridized carbons (Fsp3) is 0.167. The molecule has 0 saturated heterocycles. The first-order valence-corrected chi connectivity index (χ1v) is 8.36. The van der Waals surface area contributed by atoms with Crippen molar-refractivity contribution >= 4 is 34.3 Å². The highest BCUT2D eigenvalue weighted by Crippen LogP contribution is 2.22. The van der Waals surface area contributed by atoms with Gasteiger partial charge in [0.15, 0.2) is 6.61 Å². The lowest BCUT2D eigenvalue weighted by atomic mass is 10.2. The highest BCUT2D eigenvalue weighted by atomic mass is 32.1. The molecule has 0 saturated carbocycles. The van der Waals surface area contributed by atoms with Gasteiger partial charge in [-0.15, -0.1) is 11.3 Å². The Hall–Kier alpha value is -3.11. The molecule has 25 heavy (non-hydrogen) atoms. The largest absolute Gasteiger partial charge is 0.493 e. The molecule has 0 spiro atoms. The van der Waals surface area contributed by atoms with Crippen LogP contribution in [0.2, 0.25) is 0 Å². The number of hydrogen-bond acceptors (Lipinski definition) is 6. The van der Waals surface area contributed by atoms with Crippen LogP contribution in [0, 0.1) is 11.3 Å². The van der Waals surface area contributed by atoms with E-state index in [-0.39, 0.29) is 0 Å². The first-order chi connectivity index (χ1) is 12.1. The molecule has 128 valence electrons. The Labute approximate surface area is 149 Å². The number of nitrogens with one attached hydrogen (secondary N) is 1. The number of hydrogen-bond donors (Lipinski definition) is 1. The van der Waals surface area contributed by atoms with Gasteiger partial charge in [-0.3, -0.25) is 4.79 Å². The second kappa shape index (κ2) is 9.25. The van der Waals surface area contributed by atoms with E-state index in [1.165, 1.54) is 17.4 Å². The van der Waals surface area contributed by atoms with Gasteiger partial charge in [-0.05, 0) is 30.5 Å². The molecule has 1 aromatic carbocycles. The Morgan fingerprint density at radius 2 is 2.12 bits per heavy atom. The molecule has 0 aliphatic carbocycles. The van der Waals surface area contributed by atoms with Gasteiger partial charge < -0.3 is 14.8 Å². The molecular formula is C18H16N2O4S. The number of nitriles is 1. The summed E-state index contributed by atoms with van der Waals surface area (Å²) in [5.74, 6) is -0.489. The number of ether oxygens (including phenoxy) is 2. The van der Waals surface area contributed by atoms with E-state index in [0.717, 1.165) is 5.56 Å². The summed E-state index contributed by atoms with van der Waals surface area (Å²) in [4.78, 5) is 23.5. The van der Waals surface area contributed by atoms with E-state index in [1.807, 2.05) is 31.2 Å². The van der Waals surface area contributed by atoms with Crippen molar-refractivity contribution in [2.24, 2.45) is 0 Å². The van der Waals surface area contributed by atoms with Crippen LogP contribution in [0.3, 0.4) is 0 Å². The van der Waals surface area contributed by atoms with E-state index in [0.29, 0.717) is 22.9 Å². The molecule has 0 fully saturated rings. The lowest BCUT2D eigenvalue weighted by Crippen LogP contribution is -2.20. The van der Waals surface area contributed by atoms with Gasteiger partial charge in [-0.2, -0.15) is 5.26 Å². The summed E-state index contributed by atoms with van der Waals surface area (Å²) < 4.78 is 10.3. The van der Waals surface area contributed by atoms with Gasteiger partial charge in [-0.1, -0.05) is 18.2 Å². The van der Waals surface area contributed by atoms with E-state index in [2.05, 4.69) is 5.32 Å². The summed E-state index contributed by atoms with van der Waals surface area (Å²) in [6, 6.07) is 10.8. The SMILES string of the molecule is CCOc1ccccc1/C=C/C(=O)OCC(=O)Nc1sccc1C#N. The number of esters is 1. The van der Waals surface area contributed by atoms with Crippen molar-refractivity contribution in [1.82, 2.24) is 0 Å². The number of benzene rings is 1. The third-order valence-electron chi connectivity index (χ3n) is 3.00. The van der Waals surface area contributed by atoms with Crippen LogP contribution in [0.5, 0.6) is 5.75 Å². The van der Waals surface area contributed by atoms with Gasteiger partial charge >= 0.3 is 5.97 Å². The topological polar surface area (TPSA) is 88.4 Å². The monoisotopic (exact) mass is 356 g/mol. The lowest BCUT2D eigenvalue weighted by Gasteiger charge is -2.06. The van der Waals surface area contributed by atoms with Crippen molar-refractivity contribution in [3.63, 3.8) is 0 Å². The molecule has 0 unspecified atom stereocenters. The van der Waals surface area contributed by atoms with E-state index in [4.69, 9.17) is 14.7 Å². The molecule has 1 aromatic heterocycles. The minimum absolute atomic E-state index is 0.372. The zero-order valence-electron chi connectivity index (χ0n) is 13.5. The summed E-state index contributed by atoms with van der Waals surface area (Å²) in [5.41, 5.74) is 1.11. The molecule has 0 atom stereocenters. The van der Waals surface area contributed by atoms with Crippen LogP contribution in [-0.2, 0) is 14.3 Å². The number of rotatable bonds is 7. The summed E-state index contributed by atoms with van der Waals surface area (Å²) in [7, 11) is 0. The predicted octanol–water partition coefficient (Wildman–Crippen LogP) is 3.21. The van der Waals surface area contributed by atoms with Gasteiger partial charge in [0, 0.05) is 11.6 Å². The number of para-hydroxylation sites is 1. The number of amides is 1. The summed E-state index contributed by atoms with van der Waals surface area (Å²) in [5, 5.41) is 13.5. The molecule has 1 heterocycles. The molecule has 7 heteroatoms. The summed E-state index contributed by atoms with van der Waals surface area (Å²) in [6.07, 6.45) is 2.80. The van der Waals surface area contributed by atoms with Crippen molar-refractivity contribution in [2.45, 2.75) is 6.92 Å². The van der Waals surface area contributed by atoms with E-state index in [1.54, 1.807) is 23.6 Å². The van der Waals surface area contributed by atoms with Crippen LogP contribution in [0.1, 0.15) is 18.1 Å². The molecule has 0 radical (unpaired) electrons. The smallest absolute Gasteiger partial charge is 0.331 e. The minimum atomic E-state index is -0.645. The third kappa shape index (κ3) is 5.48. The fourth-order valence-electron chi connectivity index (χ4n) is 1.90. The Kier molecular flexibility index (Phi) is 6.75. The Bertz CT molecular complexity index is 820. The number of thiophene rings is 1. The number of nitrogens with zero attached hydrogens (tertiary/aromatic N) is 1. The average molecular weight is 356 g/mol. The van der Waals surface area contributed by atoms with Gasteiger partial charge in [0.25, 0.3) is 5.91 Å². The van der Waals surface area contributed by atoms with Gasteiger partial charge in [0.1, 0.15) is 16.8 Å². The van der Waals surface area contributed by atoms with Crippen LogP contribution < -0.4 is 10.1 Å². The van der Waals surface area contributed by atoms with Crippen molar-refractivity contribution in [1.29, 1.82) is 5.26 Å². The van der Waals surface area contributed by atoms with Crippen LogP contribution in [0.4, 0.5) is 5.00 Å². The van der Waals surface area contributed by atoms with Gasteiger partial charge in [0.05, 0.1) is 12.2 Å². The van der Waals surface area contributed by atoms with Gasteiger partial charge in [-0.25, -0.2) is 4.79 Å². The Balaban J connectivity index is 1.86. The maximum absolute atomic E-state index is 11.8. The van der Waals surface area contributed by atoms with Crippen LogP contribution in [0.25, 0.3) is 6.08 Å². The van der Waals surface area contributed by atoms with Crippen molar-refractivity contribution in [3.05, 3.63) is 52.9 Å². The first-order valence-electron chi connectivity index (χ1n) is 7.48. The van der Waals surface area contributed by atoms with Gasteiger partial charge in [0.2, 0.25) is 0 Å². The zero-order chi connectivity index (χ0) is 18.1. The standard InChI is InChI=1S/C18H16N2O4S/c1-2-23-15-6-4-3-5-13(15)7-8-17(22)24-12-16(21)20-18-14(11-19)9-10-25-18/h3-10H,2,12H2,1H3,(H,20,21)/b8-7+. The van der Waals surface area contributed by atoms with E-state index < -0.39 is 18.5 Å². The maximum atomic E-state index is 11.8.